The van der Waals surface area contributed by atoms with Crippen LogP contribution in [0.1, 0.15) is 40.4 Å². The lowest BCUT2D eigenvalue weighted by Crippen LogP contribution is -2.42. The Morgan fingerprint density at radius 3 is 2.64 bits per heavy atom. The first-order valence-electron chi connectivity index (χ1n) is 11.1. The molecule has 0 spiro atoms. The number of amides is 1. The number of aromatic nitrogens is 2. The van der Waals surface area contributed by atoms with E-state index < -0.39 is 11.6 Å². The van der Waals surface area contributed by atoms with Crippen molar-refractivity contribution in [1.82, 2.24) is 14.7 Å². The largest absolute Gasteiger partial charge is 0.377 e. The second kappa shape index (κ2) is 9.80. The van der Waals surface area contributed by atoms with Gasteiger partial charge >= 0.3 is 0 Å². The summed E-state index contributed by atoms with van der Waals surface area (Å²) in [6.45, 7) is 3.79. The number of nitrogens with two attached hydrogens (primary N) is 1. The lowest BCUT2D eigenvalue weighted by molar-refractivity contribution is 0.0708. The molecule has 8 heteroatoms. The molecule has 0 bridgehead atoms. The van der Waals surface area contributed by atoms with Crippen LogP contribution in [0.4, 0.5) is 8.78 Å². The highest BCUT2D eigenvalue weighted by atomic mass is 19.1. The fourth-order valence-corrected chi connectivity index (χ4v) is 4.39. The summed E-state index contributed by atoms with van der Waals surface area (Å²) in [7, 11) is 1.88. The number of rotatable bonds is 9. The van der Waals surface area contributed by atoms with Crippen molar-refractivity contribution in [3.63, 3.8) is 0 Å². The van der Waals surface area contributed by atoms with Gasteiger partial charge in [-0.25, -0.2) is 8.78 Å². The lowest BCUT2D eigenvalue weighted by atomic mass is 10.0. The second-order valence-corrected chi connectivity index (χ2v) is 8.37. The van der Waals surface area contributed by atoms with E-state index in [0.29, 0.717) is 30.9 Å². The van der Waals surface area contributed by atoms with E-state index in [2.05, 4.69) is 12.0 Å². The van der Waals surface area contributed by atoms with E-state index in [1.807, 2.05) is 29.9 Å². The predicted octanol–water partition coefficient (Wildman–Crippen LogP) is 3.82. The summed E-state index contributed by atoms with van der Waals surface area (Å²) in [5, 5.41) is 4.38. The fourth-order valence-electron chi connectivity index (χ4n) is 4.39. The minimum atomic E-state index is -0.642. The number of nitrogens with zero attached hydrogens (tertiary/aromatic N) is 3. The summed E-state index contributed by atoms with van der Waals surface area (Å²) in [6.07, 6.45) is 3.02. The second-order valence-electron chi connectivity index (χ2n) is 8.37. The molecule has 2 N–H and O–H groups in total. The van der Waals surface area contributed by atoms with Crippen LogP contribution in [0.15, 0.2) is 42.6 Å². The van der Waals surface area contributed by atoms with Crippen LogP contribution < -0.4 is 5.73 Å². The predicted molar refractivity (Wildman–Crippen MR) is 121 cm³/mol. The molecule has 4 rings (SSSR count). The molecule has 1 amide bonds. The monoisotopic (exact) mass is 454 g/mol. The smallest absolute Gasteiger partial charge is 0.254 e. The minimum absolute atomic E-state index is 0.125. The first-order valence-corrected chi connectivity index (χ1v) is 11.1. The van der Waals surface area contributed by atoms with Crippen LogP contribution >= 0.6 is 0 Å². The summed E-state index contributed by atoms with van der Waals surface area (Å²) < 4.78 is 34.8. The van der Waals surface area contributed by atoms with Crippen molar-refractivity contribution in [1.29, 1.82) is 0 Å². The van der Waals surface area contributed by atoms with E-state index in [0.717, 1.165) is 34.9 Å². The van der Waals surface area contributed by atoms with Gasteiger partial charge in [0.1, 0.15) is 11.6 Å². The molecule has 6 nitrogen and oxygen atoms in total. The lowest BCUT2D eigenvalue weighted by Gasteiger charge is -2.26. The Hall–Kier alpha value is -3.10. The van der Waals surface area contributed by atoms with Gasteiger partial charge in [0.15, 0.2) is 0 Å². The van der Waals surface area contributed by atoms with Gasteiger partial charge in [0.05, 0.1) is 18.5 Å². The van der Waals surface area contributed by atoms with Crippen molar-refractivity contribution in [3.8, 4) is 11.3 Å². The van der Waals surface area contributed by atoms with E-state index >= 15 is 0 Å². The van der Waals surface area contributed by atoms with Crippen LogP contribution in [0, 0.1) is 11.6 Å². The number of fused-ring (bicyclic) bond motifs is 1. The Morgan fingerprint density at radius 1 is 1.18 bits per heavy atom. The third-order valence-electron chi connectivity index (χ3n) is 5.94. The molecule has 1 atom stereocenters. The summed E-state index contributed by atoms with van der Waals surface area (Å²) in [5.41, 5.74) is 10.8. The standard InChI is InChI=1S/C25H28F2N4O2/c1-3-6-33-15-19-13-29-30(2)24(19)17-4-5-23-18(10-17)14-31(25(23)32)22(12-28)9-16-7-20(26)11-21(27)8-16/h4-5,7-8,10-11,13,22H,3,6,9,12,14-15,28H2,1-2H3. The first kappa shape index (κ1) is 23.1. The SMILES string of the molecule is CCCOCc1cnn(C)c1-c1ccc2c(c1)CN(C(CN)Cc1cc(F)cc(F)c1)C2=O. The van der Waals surface area contributed by atoms with Gasteiger partial charge in [-0.15, -0.1) is 0 Å². The summed E-state index contributed by atoms with van der Waals surface area (Å²) in [4.78, 5) is 14.8. The molecular formula is C25H28F2N4O2. The van der Waals surface area contributed by atoms with Crippen molar-refractivity contribution < 1.29 is 18.3 Å². The number of halogens is 2. The van der Waals surface area contributed by atoms with E-state index in [9.17, 15) is 13.6 Å². The molecule has 1 unspecified atom stereocenters. The molecule has 1 aliphatic rings. The third-order valence-corrected chi connectivity index (χ3v) is 5.94. The number of ether oxygens (including phenoxy) is 1. The summed E-state index contributed by atoms with van der Waals surface area (Å²) in [6, 6.07) is 8.77. The highest BCUT2D eigenvalue weighted by Crippen LogP contribution is 2.32. The van der Waals surface area contributed by atoms with Crippen LogP contribution in [-0.2, 0) is 31.4 Å². The van der Waals surface area contributed by atoms with Gasteiger partial charge in [-0.05, 0) is 48.2 Å². The van der Waals surface area contributed by atoms with Crippen LogP contribution in [0.3, 0.4) is 0 Å². The highest BCUT2D eigenvalue weighted by molar-refractivity contribution is 5.99. The molecule has 0 fully saturated rings. The highest BCUT2D eigenvalue weighted by Gasteiger charge is 2.32. The molecular weight excluding hydrogens is 426 g/mol. The van der Waals surface area contributed by atoms with Crippen molar-refractivity contribution in [3.05, 3.63) is 76.5 Å². The van der Waals surface area contributed by atoms with Crippen molar-refractivity contribution in [2.75, 3.05) is 13.2 Å². The zero-order valence-electron chi connectivity index (χ0n) is 18.9. The summed E-state index contributed by atoms with van der Waals surface area (Å²) in [5.74, 6) is -1.41. The van der Waals surface area contributed by atoms with E-state index in [1.165, 1.54) is 12.1 Å². The van der Waals surface area contributed by atoms with Crippen molar-refractivity contribution in [2.24, 2.45) is 12.8 Å². The molecule has 2 aromatic carbocycles. The zero-order valence-corrected chi connectivity index (χ0v) is 18.9. The molecule has 3 aromatic rings. The molecule has 33 heavy (non-hydrogen) atoms. The molecule has 1 aromatic heterocycles. The maximum Gasteiger partial charge on any atom is 0.254 e. The first-order chi connectivity index (χ1) is 15.9. The molecule has 174 valence electrons. The number of hydrogen-bond acceptors (Lipinski definition) is 4. The maximum absolute atomic E-state index is 13.6. The van der Waals surface area contributed by atoms with Gasteiger partial charge < -0.3 is 15.4 Å². The van der Waals surface area contributed by atoms with Gasteiger partial charge in [-0.3, -0.25) is 9.48 Å². The number of carbonyl (C=O) groups is 1. The number of carbonyl (C=O) groups excluding carboxylic acids is 1. The van der Waals surface area contributed by atoms with Crippen LogP contribution in [0.2, 0.25) is 0 Å². The third kappa shape index (κ3) is 4.82. The van der Waals surface area contributed by atoms with Gasteiger partial charge in [0, 0.05) is 55.5 Å². The topological polar surface area (TPSA) is 73.4 Å². The Kier molecular flexibility index (Phi) is 6.85. The molecule has 0 saturated heterocycles. The Balaban J connectivity index is 1.57. The van der Waals surface area contributed by atoms with Crippen molar-refractivity contribution in [2.45, 2.75) is 39.0 Å². The van der Waals surface area contributed by atoms with E-state index in [-0.39, 0.29) is 24.9 Å². The van der Waals surface area contributed by atoms with Gasteiger partial charge in [0.25, 0.3) is 5.91 Å². The van der Waals surface area contributed by atoms with Gasteiger partial charge in [-0.1, -0.05) is 13.0 Å². The van der Waals surface area contributed by atoms with Crippen LogP contribution in [0.5, 0.6) is 0 Å². The number of aryl methyl sites for hydroxylation is 1. The van der Waals surface area contributed by atoms with E-state index in [1.54, 1.807) is 11.1 Å². The van der Waals surface area contributed by atoms with Crippen LogP contribution in [-0.4, -0.2) is 39.8 Å². The number of hydrogen-bond donors (Lipinski definition) is 1. The van der Waals surface area contributed by atoms with Gasteiger partial charge in [0.2, 0.25) is 0 Å². The normalized spacial score (nSPS) is 14.1. The number of benzene rings is 2. The fraction of sp³-hybridized carbons (Fsp3) is 0.360. The maximum atomic E-state index is 13.6. The minimum Gasteiger partial charge on any atom is -0.377 e. The average Bonchev–Trinajstić information content (AvgIpc) is 3.31. The van der Waals surface area contributed by atoms with Gasteiger partial charge in [-0.2, -0.15) is 5.10 Å². The molecule has 0 aliphatic carbocycles. The molecule has 1 aliphatic heterocycles. The molecule has 0 radical (unpaired) electrons. The molecule has 0 saturated carbocycles. The van der Waals surface area contributed by atoms with Crippen LogP contribution in [0.25, 0.3) is 11.3 Å². The zero-order chi connectivity index (χ0) is 23.5. The average molecular weight is 455 g/mol. The molecule has 2 heterocycles. The van der Waals surface area contributed by atoms with E-state index in [4.69, 9.17) is 10.5 Å². The summed E-state index contributed by atoms with van der Waals surface area (Å²) >= 11 is 0. The Labute approximate surface area is 192 Å². The Morgan fingerprint density at radius 2 is 1.94 bits per heavy atom. The van der Waals surface area contributed by atoms with Crippen molar-refractivity contribution >= 4 is 5.91 Å². The quantitative estimate of drug-likeness (QED) is 0.499. The Bertz CT molecular complexity index is 1140.